The second kappa shape index (κ2) is 7.44. The lowest BCUT2D eigenvalue weighted by molar-refractivity contribution is -0.0512. The normalized spacial score (nSPS) is 10.4. The Labute approximate surface area is 131 Å². The van der Waals surface area contributed by atoms with E-state index in [-0.39, 0.29) is 18.1 Å². The number of alkyl halides is 2. The lowest BCUT2D eigenvalue weighted by Gasteiger charge is -2.12. The molecule has 2 aromatic rings. The van der Waals surface area contributed by atoms with Crippen molar-refractivity contribution in [2.75, 3.05) is 7.11 Å². The monoisotopic (exact) mass is 323 g/mol. The molecule has 2 N–H and O–H groups in total. The molecule has 0 aromatic heterocycles. The van der Waals surface area contributed by atoms with E-state index in [2.05, 4.69) is 4.74 Å². The van der Waals surface area contributed by atoms with E-state index in [0.29, 0.717) is 16.9 Å². The maximum atomic E-state index is 12.3. The topological polar surface area (TPSA) is 70.8 Å². The summed E-state index contributed by atoms with van der Waals surface area (Å²) in [6, 6.07) is 10.9. The van der Waals surface area contributed by atoms with Crippen LogP contribution in [-0.4, -0.2) is 19.6 Å². The Hall–Kier alpha value is -2.83. The van der Waals surface area contributed by atoms with Gasteiger partial charge in [-0.1, -0.05) is 6.07 Å². The Kier molecular flexibility index (Phi) is 5.35. The molecule has 0 saturated heterocycles. The van der Waals surface area contributed by atoms with Crippen molar-refractivity contribution in [1.29, 1.82) is 0 Å². The Morgan fingerprint density at radius 3 is 2.39 bits per heavy atom. The highest BCUT2D eigenvalue weighted by Crippen LogP contribution is 2.29. The summed E-state index contributed by atoms with van der Waals surface area (Å²) >= 11 is 0. The summed E-state index contributed by atoms with van der Waals surface area (Å²) in [4.78, 5) is 11.0. The van der Waals surface area contributed by atoms with E-state index >= 15 is 0 Å². The van der Waals surface area contributed by atoms with Crippen LogP contribution in [0.5, 0.6) is 17.2 Å². The van der Waals surface area contributed by atoms with E-state index in [0.717, 1.165) is 0 Å². The van der Waals surface area contributed by atoms with E-state index in [1.54, 1.807) is 36.4 Å². The lowest BCUT2D eigenvalue weighted by atomic mass is 10.2. The van der Waals surface area contributed by atoms with Crippen LogP contribution in [0.4, 0.5) is 8.78 Å². The van der Waals surface area contributed by atoms with Crippen molar-refractivity contribution in [2.45, 2.75) is 13.2 Å². The molecule has 2 rings (SSSR count). The number of amides is 1. The maximum absolute atomic E-state index is 12.3. The third kappa shape index (κ3) is 4.57. The second-order valence-electron chi connectivity index (χ2n) is 4.54. The number of hydrogen-bond acceptors (Lipinski definition) is 4. The van der Waals surface area contributed by atoms with Crippen molar-refractivity contribution >= 4 is 5.91 Å². The largest absolute Gasteiger partial charge is 0.493 e. The molecule has 2 aromatic carbocycles. The van der Waals surface area contributed by atoms with Crippen LogP contribution in [0.15, 0.2) is 42.5 Å². The minimum Gasteiger partial charge on any atom is -0.493 e. The number of methoxy groups -OCH3 is 1. The molecular weight excluding hydrogens is 308 g/mol. The van der Waals surface area contributed by atoms with Crippen molar-refractivity contribution in [3.05, 3.63) is 53.6 Å². The van der Waals surface area contributed by atoms with Crippen molar-refractivity contribution in [3.63, 3.8) is 0 Å². The zero-order valence-electron chi connectivity index (χ0n) is 12.3. The Bertz CT molecular complexity index is 674. The molecule has 0 aliphatic rings. The van der Waals surface area contributed by atoms with Gasteiger partial charge in [0.2, 0.25) is 5.91 Å². The number of hydrogen-bond donors (Lipinski definition) is 1. The fourth-order valence-electron chi connectivity index (χ4n) is 1.88. The van der Waals surface area contributed by atoms with Crippen LogP contribution in [0.1, 0.15) is 15.9 Å². The zero-order chi connectivity index (χ0) is 16.8. The van der Waals surface area contributed by atoms with E-state index in [1.165, 1.54) is 13.2 Å². The highest BCUT2D eigenvalue weighted by atomic mass is 19.3. The molecule has 0 spiro atoms. The summed E-state index contributed by atoms with van der Waals surface area (Å²) in [6.45, 7) is -2.73. The summed E-state index contributed by atoms with van der Waals surface area (Å²) in [6.07, 6.45) is 0. The highest BCUT2D eigenvalue weighted by molar-refractivity contribution is 5.92. The summed E-state index contributed by atoms with van der Waals surface area (Å²) in [7, 11) is 1.36. The average Bonchev–Trinajstić information content (AvgIpc) is 2.53. The van der Waals surface area contributed by atoms with Crippen molar-refractivity contribution in [2.24, 2.45) is 5.73 Å². The average molecular weight is 323 g/mol. The smallest absolute Gasteiger partial charge is 0.387 e. The standard InChI is InChI=1S/C16H15F2NO4/c1-21-14-8-10(2-7-13(14)23-16(17)18)9-22-12-5-3-11(4-6-12)15(19)20/h2-8,16H,9H2,1H3,(H2,19,20). The van der Waals surface area contributed by atoms with Gasteiger partial charge in [0.1, 0.15) is 12.4 Å². The number of carbonyl (C=O) groups is 1. The molecule has 0 aliphatic heterocycles. The molecular formula is C16H15F2NO4. The van der Waals surface area contributed by atoms with Gasteiger partial charge in [-0.3, -0.25) is 4.79 Å². The van der Waals surface area contributed by atoms with Crippen LogP contribution in [0.2, 0.25) is 0 Å². The van der Waals surface area contributed by atoms with E-state index in [1.807, 2.05) is 0 Å². The number of primary amides is 1. The molecule has 7 heteroatoms. The molecule has 1 amide bonds. The molecule has 0 bridgehead atoms. The minimum atomic E-state index is -2.92. The Morgan fingerprint density at radius 1 is 1.13 bits per heavy atom. The zero-order valence-corrected chi connectivity index (χ0v) is 12.3. The number of nitrogens with two attached hydrogens (primary N) is 1. The molecule has 23 heavy (non-hydrogen) atoms. The number of ether oxygens (including phenoxy) is 3. The molecule has 0 heterocycles. The fourth-order valence-corrected chi connectivity index (χ4v) is 1.88. The van der Waals surface area contributed by atoms with Crippen molar-refractivity contribution < 1.29 is 27.8 Å². The first-order valence-corrected chi connectivity index (χ1v) is 6.64. The van der Waals surface area contributed by atoms with Gasteiger partial charge < -0.3 is 19.9 Å². The molecule has 5 nitrogen and oxygen atoms in total. The Morgan fingerprint density at radius 2 is 1.83 bits per heavy atom. The fraction of sp³-hybridized carbons (Fsp3) is 0.188. The van der Waals surface area contributed by atoms with Crippen LogP contribution in [-0.2, 0) is 6.61 Å². The van der Waals surface area contributed by atoms with Gasteiger partial charge in [-0.25, -0.2) is 0 Å². The van der Waals surface area contributed by atoms with E-state index < -0.39 is 12.5 Å². The quantitative estimate of drug-likeness (QED) is 0.850. The van der Waals surface area contributed by atoms with Crippen LogP contribution in [0.3, 0.4) is 0 Å². The van der Waals surface area contributed by atoms with Gasteiger partial charge in [0.05, 0.1) is 7.11 Å². The van der Waals surface area contributed by atoms with E-state index in [9.17, 15) is 13.6 Å². The molecule has 0 saturated carbocycles. The van der Waals surface area contributed by atoms with Gasteiger partial charge in [-0.05, 0) is 42.0 Å². The number of halogens is 2. The van der Waals surface area contributed by atoms with Gasteiger partial charge >= 0.3 is 6.61 Å². The van der Waals surface area contributed by atoms with E-state index in [4.69, 9.17) is 15.2 Å². The van der Waals surface area contributed by atoms with Crippen molar-refractivity contribution in [1.82, 2.24) is 0 Å². The summed E-state index contributed by atoms with van der Waals surface area (Å²) < 4.78 is 39.4. The summed E-state index contributed by atoms with van der Waals surface area (Å²) in [5.74, 6) is 0.172. The first-order valence-electron chi connectivity index (χ1n) is 6.64. The SMILES string of the molecule is COc1cc(COc2ccc(C(N)=O)cc2)ccc1OC(F)F. The predicted octanol–water partition coefficient (Wildman–Crippen LogP) is 2.97. The molecule has 0 atom stereocenters. The third-order valence-electron chi connectivity index (χ3n) is 2.99. The molecule has 0 aliphatic carbocycles. The van der Waals surface area contributed by atoms with Crippen LogP contribution >= 0.6 is 0 Å². The first kappa shape index (κ1) is 16.5. The molecule has 0 unspecified atom stereocenters. The lowest BCUT2D eigenvalue weighted by Crippen LogP contribution is -2.10. The summed E-state index contributed by atoms with van der Waals surface area (Å²) in [5.41, 5.74) is 6.24. The van der Waals surface area contributed by atoms with Gasteiger partial charge in [-0.2, -0.15) is 8.78 Å². The minimum absolute atomic E-state index is 0.0444. The van der Waals surface area contributed by atoms with Crippen LogP contribution in [0, 0.1) is 0 Å². The van der Waals surface area contributed by atoms with Crippen molar-refractivity contribution in [3.8, 4) is 17.2 Å². The molecule has 0 fully saturated rings. The highest BCUT2D eigenvalue weighted by Gasteiger charge is 2.11. The predicted molar refractivity (Wildman–Crippen MR) is 78.9 cm³/mol. The van der Waals surface area contributed by atoms with Crippen LogP contribution in [0.25, 0.3) is 0 Å². The van der Waals surface area contributed by atoms with Gasteiger partial charge in [-0.15, -0.1) is 0 Å². The summed E-state index contributed by atoms with van der Waals surface area (Å²) in [5, 5.41) is 0. The molecule has 122 valence electrons. The molecule has 0 radical (unpaired) electrons. The Balaban J connectivity index is 2.04. The second-order valence-corrected chi connectivity index (χ2v) is 4.54. The maximum Gasteiger partial charge on any atom is 0.387 e. The van der Waals surface area contributed by atoms with Gasteiger partial charge in [0.15, 0.2) is 11.5 Å². The third-order valence-corrected chi connectivity index (χ3v) is 2.99. The van der Waals surface area contributed by atoms with Gasteiger partial charge in [0, 0.05) is 5.56 Å². The van der Waals surface area contributed by atoms with Crippen LogP contribution < -0.4 is 19.9 Å². The first-order chi connectivity index (χ1) is 11.0. The number of benzene rings is 2. The van der Waals surface area contributed by atoms with Gasteiger partial charge in [0.25, 0.3) is 0 Å². The number of carbonyl (C=O) groups excluding carboxylic acids is 1. The number of rotatable bonds is 7.